The summed E-state index contributed by atoms with van der Waals surface area (Å²) >= 11 is 0. The van der Waals surface area contributed by atoms with Crippen molar-refractivity contribution >= 4 is 33.0 Å². The van der Waals surface area contributed by atoms with Crippen LogP contribution < -0.4 is 9.46 Å². The van der Waals surface area contributed by atoms with Crippen LogP contribution in [0.1, 0.15) is 32.0 Å². The molecule has 38 heavy (non-hydrogen) atoms. The fourth-order valence-electron chi connectivity index (χ4n) is 4.31. The van der Waals surface area contributed by atoms with Crippen molar-refractivity contribution in [3.63, 3.8) is 0 Å². The van der Waals surface area contributed by atoms with Gasteiger partial charge in [0, 0.05) is 29.7 Å². The van der Waals surface area contributed by atoms with E-state index in [0.717, 1.165) is 22.2 Å². The maximum absolute atomic E-state index is 13.0. The average Bonchev–Trinajstić information content (AvgIpc) is 3.25. The molecule has 0 radical (unpaired) electrons. The minimum absolute atomic E-state index is 0.0464. The number of rotatable bonds is 7. The first kappa shape index (κ1) is 27.3. The molecule has 0 bridgehead atoms. The molecule has 0 saturated carbocycles. The largest absolute Gasteiger partial charge is 0.489 e. The highest BCUT2D eigenvalue weighted by Crippen LogP contribution is 2.25. The van der Waals surface area contributed by atoms with Crippen molar-refractivity contribution < 1.29 is 32.6 Å². The maximum Gasteiger partial charge on any atom is 0.410 e. The Morgan fingerprint density at radius 3 is 2.45 bits per heavy atom. The zero-order chi connectivity index (χ0) is 27.7. The molecule has 0 unspecified atom stereocenters. The van der Waals surface area contributed by atoms with Gasteiger partial charge in [-0.1, -0.05) is 18.2 Å². The Bertz CT molecular complexity index is 1450. The molecule has 2 heterocycles. The van der Waals surface area contributed by atoms with Crippen molar-refractivity contribution in [3.05, 3.63) is 65.9 Å². The lowest BCUT2D eigenvalue weighted by atomic mass is 10.1. The summed E-state index contributed by atoms with van der Waals surface area (Å²) in [6.07, 6.45) is -0.691. The van der Waals surface area contributed by atoms with Gasteiger partial charge in [-0.25, -0.2) is 17.9 Å². The molecule has 11 heteroatoms. The lowest BCUT2D eigenvalue weighted by Gasteiger charge is -2.24. The Balaban J connectivity index is 1.44. The highest BCUT2D eigenvalue weighted by atomic mass is 32.2. The number of fused-ring (bicyclic) bond motifs is 1. The van der Waals surface area contributed by atoms with E-state index in [4.69, 9.17) is 9.47 Å². The van der Waals surface area contributed by atoms with E-state index in [1.807, 2.05) is 37.3 Å². The lowest BCUT2D eigenvalue weighted by molar-refractivity contribution is -0.141. The fourth-order valence-corrected chi connectivity index (χ4v) is 5.57. The Morgan fingerprint density at radius 2 is 1.79 bits per heavy atom. The third-order valence-corrected chi connectivity index (χ3v) is 7.56. The molecule has 1 saturated heterocycles. The van der Waals surface area contributed by atoms with Crippen LogP contribution in [0.5, 0.6) is 5.75 Å². The second-order valence-corrected chi connectivity index (χ2v) is 12.0. The summed E-state index contributed by atoms with van der Waals surface area (Å²) in [4.78, 5) is 29.9. The number of aliphatic carboxylic acids is 1. The standard InChI is InChI=1S/C27H31N3O7S/c1-17-13-18(21-7-5-6-8-23(21)28-17)16-36-19-9-11-20(12-10-19)38(34,35)29-24-15-30(14-22(24)25(31)32)26(33)37-27(2,3)4/h5-13,22,24,29H,14-16H2,1-4H3,(H,31,32)/t22-,24+/m1/s1. The molecule has 1 aromatic heterocycles. The van der Waals surface area contributed by atoms with E-state index in [1.54, 1.807) is 32.9 Å². The third-order valence-electron chi connectivity index (χ3n) is 6.05. The first-order valence-electron chi connectivity index (χ1n) is 12.1. The highest BCUT2D eigenvalue weighted by molar-refractivity contribution is 7.89. The molecule has 2 aromatic carbocycles. The molecule has 1 amide bonds. The number of sulfonamides is 1. The number of aromatic nitrogens is 1. The topological polar surface area (TPSA) is 135 Å². The number of carbonyl (C=O) groups excluding carboxylic acids is 1. The van der Waals surface area contributed by atoms with Crippen LogP contribution in [-0.2, 0) is 26.2 Å². The second kappa shape index (κ2) is 10.6. The molecule has 4 rings (SSSR count). The summed E-state index contributed by atoms with van der Waals surface area (Å²) in [5, 5.41) is 10.6. The summed E-state index contributed by atoms with van der Waals surface area (Å²) in [7, 11) is -4.07. The first-order valence-corrected chi connectivity index (χ1v) is 13.6. The molecule has 2 atom stereocenters. The van der Waals surface area contributed by atoms with Crippen molar-refractivity contribution in [2.24, 2.45) is 5.92 Å². The summed E-state index contributed by atoms with van der Waals surface area (Å²) in [6, 6.07) is 14.6. The lowest BCUT2D eigenvalue weighted by Crippen LogP contribution is -2.43. The predicted octanol–water partition coefficient (Wildman–Crippen LogP) is 3.72. The molecule has 1 aliphatic rings. The Labute approximate surface area is 221 Å². The van der Waals surface area contributed by atoms with Gasteiger partial charge in [-0.3, -0.25) is 9.78 Å². The van der Waals surface area contributed by atoms with Crippen LogP contribution in [0.15, 0.2) is 59.5 Å². The second-order valence-electron chi connectivity index (χ2n) is 10.3. The van der Waals surface area contributed by atoms with Gasteiger partial charge in [-0.05, 0) is 64.1 Å². The number of carboxylic acid groups (broad SMARTS) is 1. The van der Waals surface area contributed by atoms with Crippen molar-refractivity contribution in [1.82, 2.24) is 14.6 Å². The summed E-state index contributed by atoms with van der Waals surface area (Å²) < 4.78 is 39.8. The highest BCUT2D eigenvalue weighted by Gasteiger charge is 2.43. The molecule has 0 spiro atoms. The molecule has 1 aliphatic heterocycles. The Kier molecular flexibility index (Phi) is 7.61. The predicted molar refractivity (Wildman–Crippen MR) is 140 cm³/mol. The number of carboxylic acids is 1. The van der Waals surface area contributed by atoms with E-state index in [0.29, 0.717) is 5.75 Å². The smallest absolute Gasteiger partial charge is 0.410 e. The van der Waals surface area contributed by atoms with E-state index in [2.05, 4.69) is 9.71 Å². The number of nitrogens with zero attached hydrogens (tertiary/aromatic N) is 2. The van der Waals surface area contributed by atoms with Gasteiger partial charge in [-0.15, -0.1) is 0 Å². The van der Waals surface area contributed by atoms with E-state index in [-0.39, 0.29) is 24.6 Å². The van der Waals surface area contributed by atoms with Gasteiger partial charge >= 0.3 is 12.1 Å². The minimum atomic E-state index is -4.07. The maximum atomic E-state index is 13.0. The van der Waals surface area contributed by atoms with Crippen molar-refractivity contribution in [2.75, 3.05) is 13.1 Å². The van der Waals surface area contributed by atoms with Crippen LogP contribution in [0, 0.1) is 12.8 Å². The number of likely N-dealkylation sites (tertiary alicyclic amines) is 1. The number of benzene rings is 2. The van der Waals surface area contributed by atoms with Gasteiger partial charge in [0.1, 0.15) is 18.0 Å². The van der Waals surface area contributed by atoms with Crippen molar-refractivity contribution in [2.45, 2.75) is 50.8 Å². The molecule has 0 aliphatic carbocycles. The Morgan fingerprint density at radius 1 is 1.11 bits per heavy atom. The van der Waals surface area contributed by atoms with Gasteiger partial charge in [0.05, 0.1) is 22.4 Å². The normalized spacial score (nSPS) is 17.9. The van der Waals surface area contributed by atoms with Gasteiger partial charge in [0.15, 0.2) is 0 Å². The van der Waals surface area contributed by atoms with E-state index >= 15 is 0 Å². The first-order chi connectivity index (χ1) is 17.8. The quantitative estimate of drug-likeness (QED) is 0.462. The summed E-state index contributed by atoms with van der Waals surface area (Å²) in [5.74, 6) is -1.84. The third kappa shape index (κ3) is 6.40. The number of hydrogen-bond donors (Lipinski definition) is 2. The number of para-hydroxylation sites is 1. The molecule has 2 N–H and O–H groups in total. The number of carbonyl (C=O) groups is 2. The van der Waals surface area contributed by atoms with Crippen LogP contribution in [0.4, 0.5) is 4.79 Å². The van der Waals surface area contributed by atoms with Crippen LogP contribution in [0.3, 0.4) is 0 Å². The minimum Gasteiger partial charge on any atom is -0.489 e. The molecular weight excluding hydrogens is 510 g/mol. The van der Waals surface area contributed by atoms with Crippen LogP contribution >= 0.6 is 0 Å². The van der Waals surface area contributed by atoms with Gasteiger partial charge < -0.3 is 19.5 Å². The molecular formula is C27H31N3O7S. The van der Waals surface area contributed by atoms with Crippen LogP contribution in [0.25, 0.3) is 10.9 Å². The van der Waals surface area contributed by atoms with Crippen molar-refractivity contribution in [1.29, 1.82) is 0 Å². The van der Waals surface area contributed by atoms with Gasteiger partial charge in [0.2, 0.25) is 10.0 Å². The number of amides is 1. The number of pyridine rings is 1. The van der Waals surface area contributed by atoms with E-state index < -0.39 is 39.6 Å². The zero-order valence-corrected chi connectivity index (χ0v) is 22.5. The van der Waals surface area contributed by atoms with Crippen LogP contribution in [-0.4, -0.2) is 60.2 Å². The van der Waals surface area contributed by atoms with E-state index in [1.165, 1.54) is 17.0 Å². The SMILES string of the molecule is Cc1cc(COc2ccc(S(=O)(=O)N[C@H]3CN(C(=O)OC(C)(C)C)C[C@H]3C(=O)O)cc2)c2ccccc2n1. The van der Waals surface area contributed by atoms with Gasteiger partial charge in [0.25, 0.3) is 0 Å². The van der Waals surface area contributed by atoms with Crippen LogP contribution in [0.2, 0.25) is 0 Å². The van der Waals surface area contributed by atoms with Crippen molar-refractivity contribution in [3.8, 4) is 5.75 Å². The number of aryl methyl sites for hydroxylation is 1. The summed E-state index contributed by atoms with van der Waals surface area (Å²) in [5.41, 5.74) is 1.93. The number of nitrogens with one attached hydrogen (secondary N) is 1. The monoisotopic (exact) mass is 541 g/mol. The number of ether oxygens (including phenoxy) is 2. The number of hydrogen-bond acceptors (Lipinski definition) is 7. The molecule has 10 nitrogen and oxygen atoms in total. The Hall–Kier alpha value is -3.70. The fraction of sp³-hybridized carbons (Fsp3) is 0.370. The molecule has 202 valence electrons. The average molecular weight is 542 g/mol. The van der Waals surface area contributed by atoms with Gasteiger partial charge in [-0.2, -0.15) is 0 Å². The van der Waals surface area contributed by atoms with E-state index in [9.17, 15) is 23.1 Å². The molecule has 3 aromatic rings. The summed E-state index contributed by atoms with van der Waals surface area (Å²) in [6.45, 7) is 7.00. The zero-order valence-electron chi connectivity index (χ0n) is 21.7. The molecule has 1 fully saturated rings.